The van der Waals surface area contributed by atoms with E-state index < -0.39 is 5.41 Å². The van der Waals surface area contributed by atoms with Crippen molar-refractivity contribution >= 4 is 11.9 Å². The van der Waals surface area contributed by atoms with E-state index in [1.807, 2.05) is 11.0 Å². The lowest BCUT2D eigenvalue weighted by molar-refractivity contribution is -0.162. The van der Waals surface area contributed by atoms with Crippen molar-refractivity contribution < 1.29 is 14.3 Å². The van der Waals surface area contributed by atoms with E-state index in [0.29, 0.717) is 19.4 Å². The smallest absolute Gasteiger partial charge is 0.313 e. The third-order valence-electron chi connectivity index (χ3n) is 5.49. The quantitative estimate of drug-likeness (QED) is 0.850. The van der Waals surface area contributed by atoms with Crippen molar-refractivity contribution in [1.82, 2.24) is 9.88 Å². The van der Waals surface area contributed by atoms with Crippen molar-refractivity contribution in [3.63, 3.8) is 0 Å². The van der Waals surface area contributed by atoms with E-state index in [1.54, 1.807) is 6.07 Å². The van der Waals surface area contributed by atoms with E-state index in [4.69, 9.17) is 4.74 Å². The highest BCUT2D eigenvalue weighted by Crippen LogP contribution is 2.48. The number of pyridine rings is 1. The number of nitrogens with zero attached hydrogens (tertiary/aromatic N) is 1. The van der Waals surface area contributed by atoms with Crippen molar-refractivity contribution in [2.45, 2.75) is 51.0 Å². The van der Waals surface area contributed by atoms with E-state index in [0.717, 1.165) is 37.8 Å². The predicted molar refractivity (Wildman–Crippen MR) is 88.4 cm³/mol. The number of H-pyrrole nitrogens is 1. The lowest BCUT2D eigenvalue weighted by atomic mass is 9.74. The molecule has 3 rings (SSSR count). The molecule has 1 N–H and O–H groups in total. The molecule has 0 bridgehead atoms. The molecule has 2 fully saturated rings. The minimum atomic E-state index is -0.510. The first-order valence-corrected chi connectivity index (χ1v) is 8.63. The molecule has 24 heavy (non-hydrogen) atoms. The molecule has 130 valence electrons. The molecule has 1 saturated heterocycles. The fourth-order valence-corrected chi connectivity index (χ4v) is 4.39. The molecule has 0 unspecified atom stereocenters. The Labute approximate surface area is 141 Å². The Morgan fingerprint density at radius 3 is 2.88 bits per heavy atom. The minimum absolute atomic E-state index is 0.0407. The van der Waals surface area contributed by atoms with Crippen LogP contribution in [-0.4, -0.2) is 41.5 Å². The third-order valence-corrected chi connectivity index (χ3v) is 5.49. The molecule has 0 spiro atoms. The maximum atomic E-state index is 12.7. The second kappa shape index (κ2) is 6.79. The van der Waals surface area contributed by atoms with Gasteiger partial charge in [-0.15, -0.1) is 0 Å². The number of fused-ring (bicyclic) bond motifs is 1. The summed E-state index contributed by atoms with van der Waals surface area (Å²) in [7, 11) is 1.43. The number of rotatable bonds is 4. The second-order valence-corrected chi connectivity index (χ2v) is 6.79. The number of hydrogen-bond donors (Lipinski definition) is 1. The minimum Gasteiger partial charge on any atom is -0.469 e. The molecule has 2 aliphatic rings. The largest absolute Gasteiger partial charge is 0.469 e. The summed E-state index contributed by atoms with van der Waals surface area (Å²) in [4.78, 5) is 41.1. The maximum absolute atomic E-state index is 12.7. The summed E-state index contributed by atoms with van der Waals surface area (Å²) < 4.78 is 5.05. The topological polar surface area (TPSA) is 79.5 Å². The fourth-order valence-electron chi connectivity index (χ4n) is 4.39. The van der Waals surface area contributed by atoms with Gasteiger partial charge in [-0.25, -0.2) is 0 Å². The van der Waals surface area contributed by atoms with Gasteiger partial charge in [0.1, 0.15) is 0 Å². The van der Waals surface area contributed by atoms with Gasteiger partial charge in [-0.1, -0.05) is 12.5 Å². The number of hydrogen-bond acceptors (Lipinski definition) is 4. The zero-order chi connectivity index (χ0) is 17.2. The summed E-state index contributed by atoms with van der Waals surface area (Å²) in [5.41, 5.74) is 0.0981. The Bertz CT molecular complexity index is 684. The van der Waals surface area contributed by atoms with Gasteiger partial charge in [0.05, 0.1) is 12.5 Å². The van der Waals surface area contributed by atoms with Crippen LogP contribution in [-0.2, 0) is 20.7 Å². The normalized spacial score (nSPS) is 26.0. The Balaban J connectivity index is 1.70. The summed E-state index contributed by atoms with van der Waals surface area (Å²) >= 11 is 0. The van der Waals surface area contributed by atoms with E-state index in [2.05, 4.69) is 4.98 Å². The van der Waals surface area contributed by atoms with Gasteiger partial charge in [-0.3, -0.25) is 14.4 Å². The van der Waals surface area contributed by atoms with Crippen LogP contribution in [0.1, 0.15) is 44.2 Å². The van der Waals surface area contributed by atoms with E-state index >= 15 is 0 Å². The third kappa shape index (κ3) is 2.97. The Hall–Kier alpha value is -2.11. The first-order valence-electron chi connectivity index (χ1n) is 8.63. The number of carbonyl (C=O) groups excluding carboxylic acids is 2. The Kier molecular flexibility index (Phi) is 4.73. The average molecular weight is 332 g/mol. The number of amides is 1. The zero-order valence-electron chi connectivity index (χ0n) is 14.0. The summed E-state index contributed by atoms with van der Waals surface area (Å²) in [6.07, 6.45) is 5.11. The molecular formula is C18H24N2O4. The highest BCUT2D eigenvalue weighted by molar-refractivity contribution is 5.82. The molecular weight excluding hydrogens is 308 g/mol. The van der Waals surface area contributed by atoms with Crippen molar-refractivity contribution in [3.8, 4) is 0 Å². The molecule has 6 heteroatoms. The van der Waals surface area contributed by atoms with Gasteiger partial charge < -0.3 is 14.6 Å². The number of aryl methyl sites for hydroxylation is 1. The van der Waals surface area contributed by atoms with Gasteiger partial charge in [-0.05, 0) is 38.2 Å². The Morgan fingerprint density at radius 1 is 1.33 bits per heavy atom. The van der Waals surface area contributed by atoms with Gasteiger partial charge in [-0.2, -0.15) is 0 Å². The van der Waals surface area contributed by atoms with Crippen LogP contribution in [0.5, 0.6) is 0 Å². The van der Waals surface area contributed by atoms with Crippen LogP contribution < -0.4 is 5.56 Å². The summed E-state index contributed by atoms with van der Waals surface area (Å²) in [6.45, 7) is 0.702. The molecule has 6 nitrogen and oxygen atoms in total. The van der Waals surface area contributed by atoms with E-state index in [9.17, 15) is 14.4 Å². The molecule has 2 heterocycles. The monoisotopic (exact) mass is 332 g/mol. The highest BCUT2D eigenvalue weighted by Gasteiger charge is 2.54. The summed E-state index contributed by atoms with van der Waals surface area (Å²) in [5.74, 6) is -0.116. The van der Waals surface area contributed by atoms with E-state index in [1.165, 1.54) is 13.2 Å². The molecule has 2 atom stereocenters. The lowest BCUT2D eigenvalue weighted by Crippen LogP contribution is -2.55. The molecule has 1 aromatic rings. The molecule has 1 aliphatic carbocycles. The number of aromatic nitrogens is 1. The fraction of sp³-hybridized carbons (Fsp3) is 0.611. The number of ether oxygens (including phenoxy) is 1. The van der Waals surface area contributed by atoms with Gasteiger partial charge in [0.15, 0.2) is 0 Å². The second-order valence-electron chi connectivity index (χ2n) is 6.79. The number of aromatic amines is 1. The van der Waals surface area contributed by atoms with Crippen molar-refractivity contribution in [1.29, 1.82) is 0 Å². The van der Waals surface area contributed by atoms with Crippen molar-refractivity contribution in [2.24, 2.45) is 5.41 Å². The number of nitrogens with one attached hydrogen (secondary N) is 1. The maximum Gasteiger partial charge on any atom is 0.313 e. The van der Waals surface area contributed by atoms with Crippen LogP contribution in [0.25, 0.3) is 0 Å². The van der Waals surface area contributed by atoms with Crippen molar-refractivity contribution in [3.05, 3.63) is 34.2 Å². The molecule has 1 saturated carbocycles. The predicted octanol–water partition coefficient (Wildman–Crippen LogP) is 1.64. The standard InChI is InChI=1S/C18H24N2O4/c1-24-17(23)18-10-3-6-14(18)20(12-4-11-18)16(22)9-8-13-5-2-7-15(21)19-13/h2,5,7,14H,3-4,6,8-12H2,1H3,(H,19,21)/t14-,18+/m1/s1. The van der Waals surface area contributed by atoms with Crippen LogP contribution in [0.15, 0.2) is 23.0 Å². The van der Waals surface area contributed by atoms with Crippen molar-refractivity contribution in [2.75, 3.05) is 13.7 Å². The molecule has 1 aliphatic heterocycles. The van der Waals surface area contributed by atoms with Crippen LogP contribution in [0.4, 0.5) is 0 Å². The van der Waals surface area contributed by atoms with Gasteiger partial charge in [0, 0.05) is 30.8 Å². The molecule has 1 amide bonds. The first-order chi connectivity index (χ1) is 11.6. The van der Waals surface area contributed by atoms with Gasteiger partial charge in [0.25, 0.3) is 0 Å². The lowest BCUT2D eigenvalue weighted by Gasteiger charge is -2.44. The highest BCUT2D eigenvalue weighted by atomic mass is 16.5. The summed E-state index contributed by atoms with van der Waals surface area (Å²) in [6, 6.07) is 4.93. The molecule has 0 radical (unpaired) electrons. The number of piperidine rings is 1. The van der Waals surface area contributed by atoms with E-state index in [-0.39, 0.29) is 23.5 Å². The first kappa shape index (κ1) is 16.7. The van der Waals surface area contributed by atoms with Crippen LogP contribution >= 0.6 is 0 Å². The van der Waals surface area contributed by atoms with Gasteiger partial charge >= 0.3 is 5.97 Å². The SMILES string of the molecule is COC(=O)[C@]12CCC[C@H]1N(C(=O)CCc1cccc(=O)[nH]1)CCC2. The summed E-state index contributed by atoms with van der Waals surface area (Å²) in [5, 5.41) is 0. The number of likely N-dealkylation sites (tertiary alicyclic amines) is 1. The molecule has 0 aromatic carbocycles. The van der Waals surface area contributed by atoms with Crippen LogP contribution in [0, 0.1) is 5.41 Å². The average Bonchev–Trinajstić information content (AvgIpc) is 3.04. The van der Waals surface area contributed by atoms with Crippen LogP contribution in [0.2, 0.25) is 0 Å². The number of carbonyl (C=O) groups is 2. The van der Waals surface area contributed by atoms with Crippen LogP contribution in [0.3, 0.4) is 0 Å². The number of methoxy groups -OCH3 is 1. The number of esters is 1. The van der Waals surface area contributed by atoms with Gasteiger partial charge in [0.2, 0.25) is 11.5 Å². The molecule has 1 aromatic heterocycles. The zero-order valence-corrected chi connectivity index (χ0v) is 14.0. The Morgan fingerprint density at radius 2 is 2.12 bits per heavy atom.